The lowest BCUT2D eigenvalue weighted by Crippen LogP contribution is -2.34. The molecule has 1 aromatic carbocycles. The third-order valence-electron chi connectivity index (χ3n) is 4.13. The lowest BCUT2D eigenvalue weighted by Gasteiger charge is -2.21. The number of nitrogens with zero attached hydrogens (tertiary/aromatic N) is 3. The molecule has 142 valence electrons. The van der Waals surface area contributed by atoms with Crippen LogP contribution in [0.15, 0.2) is 51.7 Å². The molecule has 27 heavy (non-hydrogen) atoms. The highest BCUT2D eigenvalue weighted by molar-refractivity contribution is 7.99. The van der Waals surface area contributed by atoms with Crippen molar-refractivity contribution in [2.75, 3.05) is 18.8 Å². The van der Waals surface area contributed by atoms with E-state index in [2.05, 4.69) is 18.8 Å². The maximum absolute atomic E-state index is 13.0. The molecule has 3 rings (SSSR count). The van der Waals surface area contributed by atoms with E-state index in [9.17, 15) is 9.59 Å². The molecule has 0 aliphatic heterocycles. The van der Waals surface area contributed by atoms with Crippen LogP contribution in [-0.4, -0.2) is 39.2 Å². The number of carbonyl (C=O) groups excluding carboxylic acids is 1. The largest absolute Gasteiger partial charge is 0.342 e. The Hall–Kier alpha value is -2.12. The molecule has 3 aromatic rings. The van der Waals surface area contributed by atoms with Crippen molar-refractivity contribution in [3.63, 3.8) is 0 Å². The lowest BCUT2D eigenvalue weighted by atomic mass is 10.3. The second-order valence-corrected chi connectivity index (χ2v) is 8.03. The minimum atomic E-state index is -0.0879. The van der Waals surface area contributed by atoms with E-state index in [0.29, 0.717) is 15.4 Å². The SMILES string of the molecule is CCCN(CCC)C(=O)CSc1nc2ccsc2c(=O)n1-c1ccccc1. The van der Waals surface area contributed by atoms with E-state index in [1.807, 2.05) is 46.7 Å². The van der Waals surface area contributed by atoms with Gasteiger partial charge in [0.2, 0.25) is 5.91 Å². The number of thiophene rings is 1. The molecule has 0 atom stereocenters. The summed E-state index contributed by atoms with van der Waals surface area (Å²) in [4.78, 5) is 32.2. The van der Waals surface area contributed by atoms with Crippen LogP contribution in [0.1, 0.15) is 26.7 Å². The number of para-hydroxylation sites is 1. The van der Waals surface area contributed by atoms with Gasteiger partial charge in [0.25, 0.3) is 5.56 Å². The van der Waals surface area contributed by atoms with Crippen molar-refractivity contribution >= 4 is 39.2 Å². The number of aromatic nitrogens is 2. The Morgan fingerprint density at radius 1 is 1.15 bits per heavy atom. The number of rotatable bonds is 8. The van der Waals surface area contributed by atoms with Gasteiger partial charge in [0.05, 0.1) is 17.0 Å². The average Bonchev–Trinajstić information content (AvgIpc) is 3.15. The molecule has 0 fully saturated rings. The normalized spacial score (nSPS) is 11.0. The van der Waals surface area contributed by atoms with Gasteiger partial charge < -0.3 is 4.90 Å². The van der Waals surface area contributed by atoms with Crippen LogP contribution in [0.5, 0.6) is 0 Å². The Morgan fingerprint density at radius 2 is 1.85 bits per heavy atom. The molecular formula is C20H23N3O2S2. The number of thioether (sulfide) groups is 1. The Bertz CT molecular complexity index is 960. The molecular weight excluding hydrogens is 378 g/mol. The first-order chi connectivity index (χ1) is 13.2. The van der Waals surface area contributed by atoms with Gasteiger partial charge in [0.1, 0.15) is 4.70 Å². The monoisotopic (exact) mass is 401 g/mol. The first-order valence-electron chi connectivity index (χ1n) is 9.12. The zero-order valence-corrected chi connectivity index (χ0v) is 17.2. The third kappa shape index (κ3) is 4.42. The minimum absolute atomic E-state index is 0.0861. The highest BCUT2D eigenvalue weighted by Gasteiger charge is 2.17. The molecule has 0 unspecified atom stereocenters. The number of hydrogen-bond acceptors (Lipinski definition) is 5. The van der Waals surface area contributed by atoms with Crippen LogP contribution in [-0.2, 0) is 4.79 Å². The van der Waals surface area contributed by atoms with Gasteiger partial charge in [0, 0.05) is 13.1 Å². The van der Waals surface area contributed by atoms with E-state index < -0.39 is 0 Å². The molecule has 0 N–H and O–H groups in total. The summed E-state index contributed by atoms with van der Waals surface area (Å²) in [5.41, 5.74) is 1.36. The second kappa shape index (κ2) is 9.19. The smallest absolute Gasteiger partial charge is 0.276 e. The zero-order chi connectivity index (χ0) is 19.2. The summed E-state index contributed by atoms with van der Waals surface area (Å²) in [6, 6.07) is 11.3. The van der Waals surface area contributed by atoms with Crippen LogP contribution < -0.4 is 5.56 Å². The summed E-state index contributed by atoms with van der Waals surface area (Å²) < 4.78 is 2.24. The summed E-state index contributed by atoms with van der Waals surface area (Å²) in [6.45, 7) is 5.66. The van der Waals surface area contributed by atoms with Gasteiger partial charge in [-0.05, 0) is 36.4 Å². The van der Waals surface area contributed by atoms with Crippen molar-refractivity contribution in [2.24, 2.45) is 0 Å². The van der Waals surface area contributed by atoms with Gasteiger partial charge in [-0.1, -0.05) is 43.8 Å². The minimum Gasteiger partial charge on any atom is -0.342 e. The van der Waals surface area contributed by atoms with E-state index in [1.165, 1.54) is 23.1 Å². The van der Waals surface area contributed by atoms with Crippen LogP contribution in [0.3, 0.4) is 0 Å². The molecule has 2 heterocycles. The Labute approximate surface area is 167 Å². The van der Waals surface area contributed by atoms with Gasteiger partial charge in [-0.2, -0.15) is 0 Å². The summed E-state index contributed by atoms with van der Waals surface area (Å²) in [7, 11) is 0. The summed E-state index contributed by atoms with van der Waals surface area (Å²) >= 11 is 2.72. The predicted octanol–water partition coefficient (Wildman–Crippen LogP) is 4.19. The number of amides is 1. The highest BCUT2D eigenvalue weighted by atomic mass is 32.2. The van der Waals surface area contributed by atoms with E-state index in [1.54, 1.807) is 4.57 Å². The molecule has 0 saturated heterocycles. The second-order valence-electron chi connectivity index (χ2n) is 6.17. The predicted molar refractivity (Wildman–Crippen MR) is 113 cm³/mol. The Kier molecular flexibility index (Phi) is 6.68. The Morgan fingerprint density at radius 3 is 2.52 bits per heavy atom. The van der Waals surface area contributed by atoms with Crippen molar-refractivity contribution in [3.8, 4) is 5.69 Å². The first kappa shape index (κ1) is 19.6. The fourth-order valence-electron chi connectivity index (χ4n) is 2.91. The van der Waals surface area contributed by atoms with Gasteiger partial charge in [-0.3, -0.25) is 14.2 Å². The van der Waals surface area contributed by atoms with Crippen LogP contribution >= 0.6 is 23.1 Å². The van der Waals surface area contributed by atoms with Gasteiger partial charge in [-0.25, -0.2) is 4.98 Å². The summed E-state index contributed by atoms with van der Waals surface area (Å²) in [6.07, 6.45) is 1.87. The summed E-state index contributed by atoms with van der Waals surface area (Å²) in [5.74, 6) is 0.359. The van der Waals surface area contributed by atoms with Crippen LogP contribution in [0, 0.1) is 0 Å². The Balaban J connectivity index is 1.94. The molecule has 0 bridgehead atoms. The van der Waals surface area contributed by atoms with Crippen molar-refractivity contribution in [2.45, 2.75) is 31.8 Å². The molecule has 0 saturated carbocycles. The maximum Gasteiger partial charge on any atom is 0.276 e. The number of benzene rings is 1. The first-order valence-corrected chi connectivity index (χ1v) is 11.0. The molecule has 2 aromatic heterocycles. The lowest BCUT2D eigenvalue weighted by molar-refractivity contribution is -0.128. The highest BCUT2D eigenvalue weighted by Crippen LogP contribution is 2.23. The maximum atomic E-state index is 13.0. The van der Waals surface area contributed by atoms with E-state index >= 15 is 0 Å². The van der Waals surface area contributed by atoms with Crippen LogP contribution in [0.25, 0.3) is 15.9 Å². The van der Waals surface area contributed by atoms with Crippen LogP contribution in [0.4, 0.5) is 0 Å². The molecule has 1 amide bonds. The van der Waals surface area contributed by atoms with Gasteiger partial charge >= 0.3 is 0 Å². The van der Waals surface area contributed by atoms with E-state index in [0.717, 1.165) is 31.6 Å². The van der Waals surface area contributed by atoms with E-state index in [-0.39, 0.29) is 17.2 Å². The standard InChI is InChI=1S/C20H23N3O2S2/c1-3-11-22(12-4-2)17(24)14-27-20-21-16-10-13-26-18(16)19(25)23(20)15-8-6-5-7-9-15/h5-10,13H,3-4,11-12,14H2,1-2H3. The molecule has 0 aliphatic rings. The van der Waals surface area contributed by atoms with Crippen LogP contribution in [0.2, 0.25) is 0 Å². The molecule has 7 heteroatoms. The van der Waals surface area contributed by atoms with Crippen molar-refractivity contribution in [1.82, 2.24) is 14.5 Å². The van der Waals surface area contributed by atoms with Crippen molar-refractivity contribution < 1.29 is 4.79 Å². The van der Waals surface area contributed by atoms with Crippen molar-refractivity contribution in [1.29, 1.82) is 0 Å². The number of fused-ring (bicyclic) bond motifs is 1. The molecule has 5 nitrogen and oxygen atoms in total. The van der Waals surface area contributed by atoms with Gasteiger partial charge in [0.15, 0.2) is 5.16 Å². The molecule has 0 aliphatic carbocycles. The zero-order valence-electron chi connectivity index (χ0n) is 15.6. The van der Waals surface area contributed by atoms with Crippen molar-refractivity contribution in [3.05, 3.63) is 52.1 Å². The topological polar surface area (TPSA) is 55.2 Å². The molecule has 0 spiro atoms. The molecule has 0 radical (unpaired) electrons. The van der Waals surface area contributed by atoms with E-state index in [4.69, 9.17) is 0 Å². The number of carbonyl (C=O) groups is 1. The fourth-order valence-corrected chi connectivity index (χ4v) is 4.59. The quantitative estimate of drug-likeness (QED) is 0.420. The van der Waals surface area contributed by atoms with Gasteiger partial charge in [-0.15, -0.1) is 11.3 Å². The summed E-state index contributed by atoms with van der Waals surface area (Å²) in [5, 5.41) is 2.43. The fraction of sp³-hybridized carbons (Fsp3) is 0.350. The average molecular weight is 402 g/mol. The third-order valence-corrected chi connectivity index (χ3v) is 5.94. The number of hydrogen-bond donors (Lipinski definition) is 0.